The SMILES string of the molecule is COc1cc2ncnc(Nc3ccc(F)c(Cl)c3)c2cc1OCCCCCCn1ccnc1[N+](=O)[O-]. The van der Waals surface area contributed by atoms with E-state index >= 15 is 0 Å². The van der Waals surface area contributed by atoms with Crippen LogP contribution in [0.3, 0.4) is 0 Å². The number of imidazole rings is 1. The van der Waals surface area contributed by atoms with Gasteiger partial charge in [0.1, 0.15) is 30.4 Å². The molecule has 0 radical (unpaired) electrons. The van der Waals surface area contributed by atoms with Gasteiger partial charge in [0.25, 0.3) is 0 Å². The van der Waals surface area contributed by atoms with E-state index < -0.39 is 10.7 Å². The summed E-state index contributed by atoms with van der Waals surface area (Å²) < 4.78 is 26.5. The van der Waals surface area contributed by atoms with Crippen LogP contribution in [0.2, 0.25) is 5.02 Å². The number of benzene rings is 2. The van der Waals surface area contributed by atoms with Gasteiger partial charge in [-0.15, -0.1) is 0 Å². The van der Waals surface area contributed by atoms with Gasteiger partial charge in [-0.05, 0) is 48.5 Å². The highest BCUT2D eigenvalue weighted by Crippen LogP contribution is 2.35. The number of hydrogen-bond donors (Lipinski definition) is 1. The van der Waals surface area contributed by atoms with Crippen molar-refractivity contribution in [2.24, 2.45) is 0 Å². The number of aromatic nitrogens is 4. The fraction of sp³-hybridized carbons (Fsp3) is 0.292. The van der Waals surface area contributed by atoms with Crippen molar-refractivity contribution in [1.29, 1.82) is 0 Å². The number of methoxy groups -OCH3 is 1. The molecule has 36 heavy (non-hydrogen) atoms. The molecule has 0 aliphatic heterocycles. The normalized spacial score (nSPS) is 11.0. The van der Waals surface area contributed by atoms with Gasteiger partial charge in [-0.3, -0.25) is 0 Å². The van der Waals surface area contributed by atoms with Gasteiger partial charge in [0, 0.05) is 17.1 Å². The summed E-state index contributed by atoms with van der Waals surface area (Å²) in [6.07, 6.45) is 7.88. The van der Waals surface area contributed by atoms with E-state index in [2.05, 4.69) is 20.3 Å². The van der Waals surface area contributed by atoms with Crippen LogP contribution in [0.5, 0.6) is 11.5 Å². The van der Waals surface area contributed by atoms with Gasteiger partial charge in [0.2, 0.25) is 0 Å². The van der Waals surface area contributed by atoms with E-state index in [0.29, 0.717) is 47.1 Å². The summed E-state index contributed by atoms with van der Waals surface area (Å²) in [5.41, 5.74) is 1.24. The first kappa shape index (κ1) is 25.1. The van der Waals surface area contributed by atoms with Gasteiger partial charge >= 0.3 is 5.95 Å². The van der Waals surface area contributed by atoms with E-state index in [0.717, 1.165) is 25.7 Å². The van der Waals surface area contributed by atoms with Crippen LogP contribution in [0.1, 0.15) is 25.7 Å². The average Bonchev–Trinajstić information content (AvgIpc) is 3.34. The molecule has 188 valence electrons. The predicted octanol–water partition coefficient (Wildman–Crippen LogP) is 5.92. The lowest BCUT2D eigenvalue weighted by Crippen LogP contribution is -2.04. The van der Waals surface area contributed by atoms with E-state index in [1.54, 1.807) is 36.1 Å². The maximum Gasteiger partial charge on any atom is 0.434 e. The molecule has 2 aromatic heterocycles. The summed E-state index contributed by atoms with van der Waals surface area (Å²) in [5.74, 6) is 0.975. The lowest BCUT2D eigenvalue weighted by molar-refractivity contribution is -0.396. The number of fused-ring (bicyclic) bond motifs is 1. The molecule has 0 unspecified atom stereocenters. The molecular weight excluding hydrogens is 491 g/mol. The van der Waals surface area contributed by atoms with E-state index in [-0.39, 0.29) is 11.0 Å². The third kappa shape index (κ3) is 5.98. The minimum absolute atomic E-state index is 0.00676. The molecule has 0 bridgehead atoms. The second-order valence-electron chi connectivity index (χ2n) is 7.94. The van der Waals surface area contributed by atoms with Crippen LogP contribution in [0, 0.1) is 15.9 Å². The van der Waals surface area contributed by atoms with E-state index in [1.165, 1.54) is 24.7 Å². The zero-order valence-corrected chi connectivity index (χ0v) is 20.2. The molecule has 0 amide bonds. The average molecular weight is 515 g/mol. The summed E-state index contributed by atoms with van der Waals surface area (Å²) in [6.45, 7) is 1.02. The molecule has 2 heterocycles. The maximum absolute atomic E-state index is 13.5. The Kier molecular flexibility index (Phi) is 8.11. The molecule has 12 heteroatoms. The quantitative estimate of drug-likeness (QED) is 0.141. The molecule has 0 aliphatic carbocycles. The monoisotopic (exact) mass is 514 g/mol. The van der Waals surface area contributed by atoms with Crippen molar-refractivity contribution >= 4 is 40.0 Å². The number of anilines is 2. The van der Waals surface area contributed by atoms with Gasteiger partial charge in [-0.2, -0.15) is 0 Å². The van der Waals surface area contributed by atoms with E-state index in [4.69, 9.17) is 21.1 Å². The molecular formula is C24H24ClFN6O4. The molecule has 0 fully saturated rings. The number of rotatable bonds is 12. The molecule has 4 aromatic rings. The van der Waals surface area contributed by atoms with E-state index in [1.807, 2.05) is 0 Å². The summed E-state index contributed by atoms with van der Waals surface area (Å²) in [7, 11) is 1.56. The van der Waals surface area contributed by atoms with E-state index in [9.17, 15) is 14.5 Å². The Morgan fingerprint density at radius 1 is 1.11 bits per heavy atom. The first-order valence-electron chi connectivity index (χ1n) is 11.3. The fourth-order valence-electron chi connectivity index (χ4n) is 3.71. The largest absolute Gasteiger partial charge is 0.493 e. The first-order chi connectivity index (χ1) is 17.5. The Balaban J connectivity index is 1.36. The first-order valence-corrected chi connectivity index (χ1v) is 11.7. The van der Waals surface area contributed by atoms with Crippen molar-refractivity contribution in [1.82, 2.24) is 19.5 Å². The Morgan fingerprint density at radius 3 is 2.72 bits per heavy atom. The van der Waals surface area contributed by atoms with Crippen molar-refractivity contribution < 1.29 is 18.8 Å². The molecule has 0 aliphatic rings. The maximum atomic E-state index is 13.5. The van der Waals surface area contributed by atoms with Crippen LogP contribution in [-0.4, -0.2) is 38.2 Å². The zero-order valence-electron chi connectivity index (χ0n) is 19.5. The van der Waals surface area contributed by atoms with Crippen molar-refractivity contribution in [3.63, 3.8) is 0 Å². The Morgan fingerprint density at radius 2 is 1.94 bits per heavy atom. The number of hydrogen-bond acceptors (Lipinski definition) is 8. The fourth-order valence-corrected chi connectivity index (χ4v) is 3.89. The number of nitro groups is 1. The third-order valence-electron chi connectivity index (χ3n) is 5.51. The Bertz CT molecular complexity index is 1370. The summed E-state index contributed by atoms with van der Waals surface area (Å²) >= 11 is 5.90. The molecule has 0 saturated carbocycles. The number of aryl methyl sites for hydroxylation is 1. The highest BCUT2D eigenvalue weighted by Gasteiger charge is 2.14. The van der Waals surface area contributed by atoms with Gasteiger partial charge in [-0.25, -0.2) is 18.9 Å². The van der Waals surface area contributed by atoms with Gasteiger partial charge in [-0.1, -0.05) is 23.0 Å². The van der Waals surface area contributed by atoms with Crippen molar-refractivity contribution in [2.45, 2.75) is 32.2 Å². The minimum Gasteiger partial charge on any atom is -0.493 e. The minimum atomic E-state index is -0.502. The molecule has 2 aromatic carbocycles. The van der Waals surface area contributed by atoms with Crippen molar-refractivity contribution in [2.75, 3.05) is 19.0 Å². The van der Waals surface area contributed by atoms with Crippen LogP contribution >= 0.6 is 11.6 Å². The number of unbranched alkanes of at least 4 members (excludes halogenated alkanes) is 3. The standard InChI is InChI=1S/C24H24ClFN6O4/c1-35-21-14-20-17(23(29-15-28-20)30-16-6-7-19(26)18(25)12-16)13-22(21)36-11-5-3-2-4-9-31-10-8-27-24(31)32(33)34/h6-8,10,12-15H,2-5,9,11H2,1H3,(H,28,29,30). The Labute approximate surface area is 211 Å². The zero-order chi connectivity index (χ0) is 25.5. The van der Waals surface area contributed by atoms with Gasteiger partial charge in [0.05, 0.1) is 30.8 Å². The van der Waals surface area contributed by atoms with Gasteiger partial charge in [0.15, 0.2) is 11.5 Å². The molecule has 0 spiro atoms. The summed E-state index contributed by atoms with van der Waals surface area (Å²) in [5, 5.41) is 14.8. The molecule has 1 N–H and O–H groups in total. The molecule has 4 rings (SSSR count). The number of nitrogens with zero attached hydrogens (tertiary/aromatic N) is 5. The number of nitrogens with one attached hydrogen (secondary N) is 1. The highest BCUT2D eigenvalue weighted by molar-refractivity contribution is 6.31. The third-order valence-corrected chi connectivity index (χ3v) is 5.80. The topological polar surface area (TPSA) is 117 Å². The second-order valence-corrected chi connectivity index (χ2v) is 8.34. The van der Waals surface area contributed by atoms with Gasteiger partial charge < -0.3 is 24.9 Å². The Hall–Kier alpha value is -3.99. The lowest BCUT2D eigenvalue weighted by Gasteiger charge is -2.14. The van der Waals surface area contributed by atoms with Crippen LogP contribution in [0.25, 0.3) is 10.9 Å². The van der Waals surface area contributed by atoms with Crippen LogP contribution in [-0.2, 0) is 6.54 Å². The van der Waals surface area contributed by atoms with Crippen LogP contribution < -0.4 is 14.8 Å². The molecule has 0 saturated heterocycles. The highest BCUT2D eigenvalue weighted by atomic mass is 35.5. The van der Waals surface area contributed by atoms with Crippen molar-refractivity contribution in [3.8, 4) is 11.5 Å². The smallest absolute Gasteiger partial charge is 0.434 e. The van der Waals surface area contributed by atoms with Crippen LogP contribution in [0.4, 0.5) is 21.8 Å². The second kappa shape index (κ2) is 11.6. The number of ether oxygens (including phenoxy) is 2. The summed E-state index contributed by atoms with van der Waals surface area (Å²) in [4.78, 5) is 22.8. The summed E-state index contributed by atoms with van der Waals surface area (Å²) in [6, 6.07) is 7.91. The van der Waals surface area contributed by atoms with Crippen molar-refractivity contribution in [3.05, 3.63) is 70.0 Å². The predicted molar refractivity (Wildman–Crippen MR) is 134 cm³/mol. The van der Waals surface area contributed by atoms with Crippen LogP contribution in [0.15, 0.2) is 49.1 Å². The molecule has 10 nitrogen and oxygen atoms in total. The number of halogens is 2. The molecule has 0 atom stereocenters. The lowest BCUT2D eigenvalue weighted by atomic mass is 10.2.